The van der Waals surface area contributed by atoms with Crippen molar-refractivity contribution in [3.8, 4) is 0 Å². The van der Waals surface area contributed by atoms with E-state index in [1.54, 1.807) is 12.1 Å². The van der Waals surface area contributed by atoms with Crippen molar-refractivity contribution in [1.29, 1.82) is 0 Å². The van der Waals surface area contributed by atoms with Gasteiger partial charge in [0.25, 0.3) is 0 Å². The van der Waals surface area contributed by atoms with Crippen molar-refractivity contribution >= 4 is 35.6 Å². The molecule has 0 radical (unpaired) electrons. The molecule has 1 atom stereocenters. The average molecular weight is 332 g/mol. The monoisotopic (exact) mass is 331 g/mol. The summed E-state index contributed by atoms with van der Waals surface area (Å²) in [5.41, 5.74) is 6.47. The van der Waals surface area contributed by atoms with Gasteiger partial charge in [0.1, 0.15) is 0 Å². The first-order valence-corrected chi connectivity index (χ1v) is 7.53. The van der Waals surface area contributed by atoms with Crippen molar-refractivity contribution in [1.82, 2.24) is 4.90 Å². The van der Waals surface area contributed by atoms with Crippen molar-refractivity contribution in [2.45, 2.75) is 19.3 Å². The number of rotatable bonds is 5. The summed E-state index contributed by atoms with van der Waals surface area (Å²) < 4.78 is 0. The highest BCUT2D eigenvalue weighted by Gasteiger charge is 2.18. The quantitative estimate of drug-likeness (QED) is 0.872. The molecule has 1 fully saturated rings. The average Bonchev–Trinajstić information content (AvgIpc) is 2.45. The van der Waals surface area contributed by atoms with Crippen LogP contribution in [0.4, 0.5) is 5.69 Å². The number of nitrogens with two attached hydrogens (primary N) is 1. The second-order valence-electron chi connectivity index (χ2n) is 5.35. The molecule has 0 saturated carbocycles. The second kappa shape index (κ2) is 9.26. The Morgan fingerprint density at radius 1 is 1.48 bits per heavy atom. The fraction of sp³-hybridized carbons (Fsp3) is 0.533. The molecule has 1 aliphatic rings. The number of nitrogens with one attached hydrogen (secondary N) is 1. The Labute approximate surface area is 137 Å². The number of carbonyl (C=O) groups is 1. The van der Waals surface area contributed by atoms with Crippen LogP contribution in [0.25, 0.3) is 0 Å². The molecule has 1 aliphatic heterocycles. The number of halogens is 2. The molecule has 0 aliphatic carbocycles. The molecule has 3 N–H and O–H groups in total. The predicted octanol–water partition coefficient (Wildman–Crippen LogP) is 2.76. The van der Waals surface area contributed by atoms with Gasteiger partial charge < -0.3 is 16.0 Å². The van der Waals surface area contributed by atoms with Gasteiger partial charge in [-0.3, -0.25) is 4.79 Å². The van der Waals surface area contributed by atoms with E-state index in [-0.39, 0.29) is 18.3 Å². The lowest BCUT2D eigenvalue weighted by Crippen LogP contribution is -2.39. The Morgan fingerprint density at radius 2 is 2.29 bits per heavy atom. The lowest BCUT2D eigenvalue weighted by molar-refractivity contribution is -0.116. The van der Waals surface area contributed by atoms with Crippen molar-refractivity contribution in [2.75, 3.05) is 31.5 Å². The van der Waals surface area contributed by atoms with E-state index in [2.05, 4.69) is 10.2 Å². The van der Waals surface area contributed by atoms with Crippen LogP contribution in [0.3, 0.4) is 0 Å². The Balaban J connectivity index is 0.00000220. The van der Waals surface area contributed by atoms with Crippen molar-refractivity contribution < 1.29 is 4.79 Å². The van der Waals surface area contributed by atoms with Gasteiger partial charge in [0.05, 0.1) is 0 Å². The molecule has 1 unspecified atom stereocenters. The predicted molar refractivity (Wildman–Crippen MR) is 90.2 cm³/mol. The van der Waals surface area contributed by atoms with Crippen LogP contribution in [0.15, 0.2) is 24.3 Å². The molecule has 0 aromatic heterocycles. The molecule has 6 heteroatoms. The number of amides is 1. The van der Waals surface area contributed by atoms with Gasteiger partial charge in [0.2, 0.25) is 5.91 Å². The molecule has 1 saturated heterocycles. The van der Waals surface area contributed by atoms with Gasteiger partial charge in [-0.1, -0.05) is 17.7 Å². The summed E-state index contributed by atoms with van der Waals surface area (Å²) in [5.74, 6) is 0.613. The summed E-state index contributed by atoms with van der Waals surface area (Å²) >= 11 is 5.89. The highest BCUT2D eigenvalue weighted by atomic mass is 35.5. The van der Waals surface area contributed by atoms with Gasteiger partial charge in [-0.15, -0.1) is 12.4 Å². The fourth-order valence-electron chi connectivity index (χ4n) is 2.60. The summed E-state index contributed by atoms with van der Waals surface area (Å²) in [6.45, 7) is 3.62. The molecule has 21 heavy (non-hydrogen) atoms. The van der Waals surface area contributed by atoms with Gasteiger partial charge in [0, 0.05) is 30.2 Å². The van der Waals surface area contributed by atoms with Crippen molar-refractivity contribution in [2.24, 2.45) is 11.7 Å². The highest BCUT2D eigenvalue weighted by molar-refractivity contribution is 6.30. The molecule has 1 heterocycles. The summed E-state index contributed by atoms with van der Waals surface area (Å²) in [4.78, 5) is 14.2. The minimum Gasteiger partial charge on any atom is -0.330 e. The molecule has 2 rings (SSSR count). The molecule has 118 valence electrons. The SMILES string of the molecule is Cl.NCC1CCCN(CCC(=O)Nc2cccc(Cl)c2)C1. The van der Waals surface area contributed by atoms with E-state index < -0.39 is 0 Å². The maximum atomic E-state index is 11.9. The lowest BCUT2D eigenvalue weighted by Gasteiger charge is -2.31. The summed E-state index contributed by atoms with van der Waals surface area (Å²) in [7, 11) is 0. The van der Waals surface area contributed by atoms with Crippen LogP contribution in [0.5, 0.6) is 0 Å². The van der Waals surface area contributed by atoms with Gasteiger partial charge in [-0.2, -0.15) is 0 Å². The summed E-state index contributed by atoms with van der Waals surface area (Å²) in [6.07, 6.45) is 2.89. The maximum absolute atomic E-state index is 11.9. The molecule has 4 nitrogen and oxygen atoms in total. The summed E-state index contributed by atoms with van der Waals surface area (Å²) in [6, 6.07) is 7.21. The van der Waals surface area contributed by atoms with E-state index in [0.717, 1.165) is 31.9 Å². The van der Waals surface area contributed by atoms with Crippen LogP contribution >= 0.6 is 24.0 Å². The Hall–Kier alpha value is -0.810. The molecular formula is C15H23Cl2N3O. The Morgan fingerprint density at radius 3 is 3.00 bits per heavy atom. The van der Waals surface area contributed by atoms with Crippen LogP contribution in [0.2, 0.25) is 5.02 Å². The molecule has 1 amide bonds. The highest BCUT2D eigenvalue weighted by Crippen LogP contribution is 2.17. The zero-order valence-corrected chi connectivity index (χ0v) is 13.6. The number of hydrogen-bond donors (Lipinski definition) is 2. The Kier molecular flexibility index (Phi) is 8.04. The smallest absolute Gasteiger partial charge is 0.225 e. The third kappa shape index (κ3) is 6.22. The van der Waals surface area contributed by atoms with E-state index in [9.17, 15) is 4.79 Å². The number of piperidine rings is 1. The third-order valence-electron chi connectivity index (χ3n) is 3.70. The number of carbonyl (C=O) groups excluding carboxylic acids is 1. The zero-order valence-electron chi connectivity index (χ0n) is 12.1. The van der Waals surface area contributed by atoms with Gasteiger partial charge >= 0.3 is 0 Å². The van der Waals surface area contributed by atoms with E-state index >= 15 is 0 Å². The van der Waals surface area contributed by atoms with Gasteiger partial charge in [-0.05, 0) is 50.0 Å². The Bertz CT molecular complexity index is 456. The molecular weight excluding hydrogens is 309 g/mol. The fourth-order valence-corrected chi connectivity index (χ4v) is 2.79. The first kappa shape index (κ1) is 18.2. The molecule has 0 spiro atoms. The number of benzene rings is 1. The van der Waals surface area contributed by atoms with Crippen molar-refractivity contribution in [3.05, 3.63) is 29.3 Å². The van der Waals surface area contributed by atoms with Crippen LogP contribution < -0.4 is 11.1 Å². The number of hydrogen-bond acceptors (Lipinski definition) is 3. The second-order valence-corrected chi connectivity index (χ2v) is 5.79. The standard InChI is InChI=1S/C15H22ClN3O.ClH/c16-13-4-1-5-14(9-13)18-15(20)6-8-19-7-2-3-12(10-17)11-19;/h1,4-5,9,12H,2-3,6-8,10-11,17H2,(H,18,20);1H. The van der Waals surface area contributed by atoms with Crippen LogP contribution in [0, 0.1) is 5.92 Å². The van der Waals surface area contributed by atoms with E-state index in [1.807, 2.05) is 12.1 Å². The van der Waals surface area contributed by atoms with Crippen LogP contribution in [-0.2, 0) is 4.79 Å². The topological polar surface area (TPSA) is 58.4 Å². The number of likely N-dealkylation sites (tertiary alicyclic amines) is 1. The normalized spacial score (nSPS) is 18.9. The van der Waals surface area contributed by atoms with E-state index in [4.69, 9.17) is 17.3 Å². The van der Waals surface area contributed by atoms with Crippen molar-refractivity contribution in [3.63, 3.8) is 0 Å². The van der Waals surface area contributed by atoms with Crippen LogP contribution in [-0.4, -0.2) is 37.0 Å². The summed E-state index contributed by atoms with van der Waals surface area (Å²) in [5, 5.41) is 3.50. The minimum atomic E-state index is 0. The molecule has 0 bridgehead atoms. The molecule has 1 aromatic rings. The molecule has 1 aromatic carbocycles. The zero-order chi connectivity index (χ0) is 14.4. The maximum Gasteiger partial charge on any atom is 0.225 e. The van der Waals surface area contributed by atoms with E-state index in [1.165, 1.54) is 12.8 Å². The first-order chi connectivity index (χ1) is 9.67. The largest absolute Gasteiger partial charge is 0.330 e. The first-order valence-electron chi connectivity index (χ1n) is 7.15. The van der Waals surface area contributed by atoms with Crippen LogP contribution in [0.1, 0.15) is 19.3 Å². The lowest BCUT2D eigenvalue weighted by atomic mass is 9.98. The third-order valence-corrected chi connectivity index (χ3v) is 3.94. The van der Waals surface area contributed by atoms with E-state index in [0.29, 0.717) is 17.4 Å². The van der Waals surface area contributed by atoms with Gasteiger partial charge in [-0.25, -0.2) is 0 Å². The van der Waals surface area contributed by atoms with Gasteiger partial charge in [0.15, 0.2) is 0 Å². The minimum absolute atomic E-state index is 0. The number of nitrogens with zero attached hydrogens (tertiary/aromatic N) is 1. The number of anilines is 1.